The summed E-state index contributed by atoms with van der Waals surface area (Å²) < 4.78 is 6.23. The first kappa shape index (κ1) is 20.0. The van der Waals surface area contributed by atoms with Crippen LogP contribution in [-0.4, -0.2) is 64.8 Å². The third-order valence-electron chi connectivity index (χ3n) is 7.86. The Morgan fingerprint density at radius 3 is 2.87 bits per heavy atom. The number of phenolic OH excluding ortho intramolecular Hbond substituents is 1. The molecule has 0 amide bonds. The second-order valence-electron chi connectivity index (χ2n) is 9.40. The minimum Gasteiger partial charge on any atom is -0.504 e. The monoisotopic (exact) mass is 412 g/mol. The van der Waals surface area contributed by atoms with Gasteiger partial charge in [0.1, 0.15) is 12.2 Å². The third kappa shape index (κ3) is 2.38. The molecule has 2 heterocycles. The second kappa shape index (κ2) is 7.08. The van der Waals surface area contributed by atoms with E-state index in [1.807, 2.05) is 13.1 Å². The van der Waals surface area contributed by atoms with Crippen molar-refractivity contribution in [3.8, 4) is 11.5 Å². The molecule has 1 saturated heterocycles. The van der Waals surface area contributed by atoms with Crippen molar-refractivity contribution >= 4 is 5.78 Å². The Kier molecular flexibility index (Phi) is 4.73. The molecule has 2 aliphatic heterocycles. The number of ether oxygens (including phenoxy) is 1. The first-order valence-corrected chi connectivity index (χ1v) is 11.4. The van der Waals surface area contributed by atoms with E-state index in [9.17, 15) is 15.0 Å². The maximum atomic E-state index is 13.7. The fourth-order valence-corrected chi connectivity index (χ4v) is 6.54. The number of aliphatic hydroxyl groups excluding tert-OH is 1. The lowest BCUT2D eigenvalue weighted by atomic mass is 9.48. The standard InChI is InChI=1S/C24H32N2O4/c1-3-4-5-6-7-13-25-24-11-10-17(28)22-23(24)12-14-26(2)21(24)19(29)15-8-9-16(27)20(30-22)18(15)23/h8-11,17,21-22,25,27-28H,3-7,12-14H2,1-2H3/t17-,21+,22-,23-,24+/m0/s1. The second-order valence-corrected chi connectivity index (χ2v) is 9.40. The summed E-state index contributed by atoms with van der Waals surface area (Å²) in [7, 11) is 2.01. The molecule has 5 rings (SSSR count). The fourth-order valence-electron chi connectivity index (χ4n) is 6.54. The summed E-state index contributed by atoms with van der Waals surface area (Å²) in [6.45, 7) is 3.76. The zero-order chi connectivity index (χ0) is 21.1. The van der Waals surface area contributed by atoms with E-state index in [-0.39, 0.29) is 17.6 Å². The van der Waals surface area contributed by atoms with Gasteiger partial charge in [0, 0.05) is 11.1 Å². The van der Waals surface area contributed by atoms with Crippen LogP contribution in [0.15, 0.2) is 24.3 Å². The lowest BCUT2D eigenvalue weighted by Crippen LogP contribution is -2.81. The number of aromatic hydroxyl groups is 1. The maximum Gasteiger partial charge on any atom is 0.182 e. The highest BCUT2D eigenvalue weighted by Crippen LogP contribution is 2.63. The van der Waals surface area contributed by atoms with Gasteiger partial charge in [0.05, 0.1) is 17.0 Å². The normalized spacial score (nSPS) is 36.0. The molecule has 6 nitrogen and oxygen atoms in total. The summed E-state index contributed by atoms with van der Waals surface area (Å²) in [5.41, 5.74) is 0.199. The van der Waals surface area contributed by atoms with Crippen molar-refractivity contribution in [2.45, 2.75) is 74.7 Å². The highest BCUT2D eigenvalue weighted by atomic mass is 16.5. The number of nitrogens with zero attached hydrogens (tertiary/aromatic N) is 1. The Hall–Kier alpha value is -1.89. The van der Waals surface area contributed by atoms with Crippen molar-refractivity contribution in [3.63, 3.8) is 0 Å². The molecular weight excluding hydrogens is 380 g/mol. The van der Waals surface area contributed by atoms with Crippen LogP contribution < -0.4 is 10.1 Å². The molecule has 0 saturated carbocycles. The number of Topliss-reactive ketones (excluding diaryl/α,β-unsaturated/α-hetero) is 1. The van der Waals surface area contributed by atoms with Crippen LogP contribution in [0.3, 0.4) is 0 Å². The van der Waals surface area contributed by atoms with Gasteiger partial charge in [-0.15, -0.1) is 0 Å². The largest absolute Gasteiger partial charge is 0.504 e. The number of hydrogen-bond acceptors (Lipinski definition) is 6. The molecule has 0 unspecified atom stereocenters. The average molecular weight is 413 g/mol. The van der Waals surface area contributed by atoms with Crippen molar-refractivity contribution in [2.24, 2.45) is 0 Å². The van der Waals surface area contributed by atoms with Crippen molar-refractivity contribution in [3.05, 3.63) is 35.4 Å². The molecule has 1 aromatic carbocycles. The van der Waals surface area contributed by atoms with E-state index in [1.54, 1.807) is 18.2 Å². The van der Waals surface area contributed by atoms with Crippen LogP contribution in [-0.2, 0) is 5.41 Å². The Morgan fingerprint density at radius 2 is 2.07 bits per heavy atom. The molecule has 30 heavy (non-hydrogen) atoms. The summed E-state index contributed by atoms with van der Waals surface area (Å²) in [6, 6.07) is 2.92. The van der Waals surface area contributed by atoms with Crippen molar-refractivity contribution in [2.75, 3.05) is 20.1 Å². The number of carbonyl (C=O) groups is 1. The Morgan fingerprint density at radius 1 is 1.27 bits per heavy atom. The summed E-state index contributed by atoms with van der Waals surface area (Å²) in [5, 5.41) is 25.2. The Balaban J connectivity index is 1.62. The fraction of sp³-hybridized carbons (Fsp3) is 0.625. The zero-order valence-electron chi connectivity index (χ0n) is 17.9. The van der Waals surface area contributed by atoms with E-state index in [1.165, 1.54) is 19.3 Å². The number of ketones is 1. The van der Waals surface area contributed by atoms with Crippen LogP contribution in [0.1, 0.15) is 61.4 Å². The summed E-state index contributed by atoms with van der Waals surface area (Å²) in [6.07, 6.45) is 9.16. The highest BCUT2D eigenvalue weighted by Gasteiger charge is 2.73. The van der Waals surface area contributed by atoms with Gasteiger partial charge in [-0.2, -0.15) is 0 Å². The molecule has 0 radical (unpaired) electrons. The molecular formula is C24H32N2O4. The minimum absolute atomic E-state index is 0.0448. The topological polar surface area (TPSA) is 82.0 Å². The van der Waals surface area contributed by atoms with E-state index in [4.69, 9.17) is 4.74 Å². The van der Waals surface area contributed by atoms with Gasteiger partial charge in [-0.25, -0.2) is 0 Å². The first-order chi connectivity index (χ1) is 14.5. The molecule has 5 atom stereocenters. The number of likely N-dealkylation sites (N-methyl/N-ethyl adjacent to an activating group) is 1. The van der Waals surface area contributed by atoms with E-state index in [0.717, 1.165) is 37.9 Å². The molecule has 162 valence electrons. The quantitative estimate of drug-likeness (QED) is 0.472. The number of nitrogens with one attached hydrogen (secondary N) is 1. The van der Waals surface area contributed by atoms with Crippen LogP contribution in [0.5, 0.6) is 11.5 Å². The number of carbonyl (C=O) groups excluding carboxylic acids is 1. The van der Waals surface area contributed by atoms with Gasteiger partial charge in [-0.1, -0.05) is 44.8 Å². The number of phenols is 1. The van der Waals surface area contributed by atoms with Crippen LogP contribution in [0.4, 0.5) is 0 Å². The lowest BCUT2D eigenvalue weighted by molar-refractivity contribution is -0.0622. The molecule has 2 aliphatic carbocycles. The molecule has 2 bridgehead atoms. The number of benzene rings is 1. The molecule has 1 spiro atoms. The zero-order valence-corrected chi connectivity index (χ0v) is 17.9. The maximum absolute atomic E-state index is 13.7. The average Bonchev–Trinajstić information content (AvgIpc) is 3.09. The van der Waals surface area contributed by atoms with Crippen LogP contribution >= 0.6 is 0 Å². The van der Waals surface area contributed by atoms with Crippen molar-refractivity contribution < 1.29 is 19.7 Å². The Bertz CT molecular complexity index is 899. The summed E-state index contributed by atoms with van der Waals surface area (Å²) in [4.78, 5) is 15.9. The van der Waals surface area contributed by atoms with Crippen LogP contribution in [0.2, 0.25) is 0 Å². The predicted octanol–water partition coefficient (Wildman–Crippen LogP) is 2.52. The van der Waals surface area contributed by atoms with Gasteiger partial charge in [0.2, 0.25) is 0 Å². The van der Waals surface area contributed by atoms with Gasteiger partial charge in [-0.05, 0) is 45.1 Å². The highest BCUT2D eigenvalue weighted by molar-refractivity contribution is 6.06. The van der Waals surface area contributed by atoms with E-state index >= 15 is 0 Å². The van der Waals surface area contributed by atoms with Gasteiger partial charge in [-0.3, -0.25) is 9.69 Å². The Labute approximate surface area is 177 Å². The summed E-state index contributed by atoms with van der Waals surface area (Å²) >= 11 is 0. The van der Waals surface area contributed by atoms with Gasteiger partial charge in [0.15, 0.2) is 17.3 Å². The van der Waals surface area contributed by atoms with Gasteiger partial charge >= 0.3 is 0 Å². The van der Waals surface area contributed by atoms with Crippen molar-refractivity contribution in [1.29, 1.82) is 0 Å². The SMILES string of the molecule is CCCCCCCN[C@@]12C=C[C@H](O)[C@@H]3Oc4c(O)ccc5c4[C@@]31CCN(C)[C@@H]2C5=O. The van der Waals surface area contributed by atoms with Crippen LogP contribution in [0.25, 0.3) is 0 Å². The van der Waals surface area contributed by atoms with E-state index in [2.05, 4.69) is 17.1 Å². The lowest BCUT2D eigenvalue weighted by Gasteiger charge is -2.63. The number of hydrogen-bond donors (Lipinski definition) is 3. The van der Waals surface area contributed by atoms with Crippen LogP contribution in [0, 0.1) is 0 Å². The molecule has 6 heteroatoms. The third-order valence-corrected chi connectivity index (χ3v) is 7.86. The summed E-state index contributed by atoms with van der Waals surface area (Å²) in [5.74, 6) is 0.488. The molecule has 1 aromatic rings. The van der Waals surface area contributed by atoms with E-state index in [0.29, 0.717) is 11.3 Å². The van der Waals surface area contributed by atoms with Crippen molar-refractivity contribution in [1.82, 2.24) is 10.2 Å². The number of rotatable bonds is 7. The predicted molar refractivity (Wildman–Crippen MR) is 114 cm³/mol. The van der Waals surface area contributed by atoms with Gasteiger partial charge in [0.25, 0.3) is 0 Å². The molecule has 1 fully saturated rings. The first-order valence-electron chi connectivity index (χ1n) is 11.4. The van der Waals surface area contributed by atoms with E-state index < -0.39 is 23.2 Å². The number of aliphatic hydroxyl groups is 1. The smallest absolute Gasteiger partial charge is 0.182 e. The van der Waals surface area contributed by atoms with Gasteiger partial charge < -0.3 is 20.3 Å². The number of likely N-dealkylation sites (tertiary alicyclic amines) is 1. The molecule has 4 aliphatic rings. The minimum atomic E-state index is -0.776. The molecule has 0 aromatic heterocycles. The number of piperidine rings is 1. The number of unbranched alkanes of at least 4 members (excludes halogenated alkanes) is 4. The molecule has 3 N–H and O–H groups in total.